The summed E-state index contributed by atoms with van der Waals surface area (Å²) in [5.74, 6) is 1.19. The third kappa shape index (κ3) is 1.63. The maximum absolute atomic E-state index is 3.33. The summed E-state index contributed by atoms with van der Waals surface area (Å²) < 4.78 is 0. The molecule has 1 fully saturated rings. The lowest BCUT2D eigenvalue weighted by Gasteiger charge is -2.31. The molecule has 0 atom stereocenters. The molecule has 2 heteroatoms. The minimum Gasteiger partial charge on any atom is -0.368 e. The predicted molar refractivity (Wildman–Crippen MR) is 49.3 cm³/mol. The van der Waals surface area contributed by atoms with Crippen molar-refractivity contribution in [2.45, 2.75) is 19.3 Å². The van der Waals surface area contributed by atoms with Crippen molar-refractivity contribution >= 4 is 0 Å². The van der Waals surface area contributed by atoms with Crippen LogP contribution in [0, 0.1) is 6.08 Å². The van der Waals surface area contributed by atoms with E-state index in [1.807, 2.05) is 6.08 Å². The second kappa shape index (κ2) is 3.65. The Morgan fingerprint density at radius 3 is 2.75 bits per heavy atom. The van der Waals surface area contributed by atoms with Gasteiger partial charge in [-0.3, -0.25) is 0 Å². The number of hydrogen-bond donors (Lipinski definition) is 1. The Morgan fingerprint density at radius 2 is 2.08 bits per heavy atom. The van der Waals surface area contributed by atoms with Crippen LogP contribution >= 0.6 is 0 Å². The van der Waals surface area contributed by atoms with Gasteiger partial charge >= 0.3 is 0 Å². The van der Waals surface area contributed by atoms with Crippen LogP contribution in [-0.2, 0) is 0 Å². The minimum atomic E-state index is 0.957. The zero-order valence-corrected chi connectivity index (χ0v) is 7.34. The van der Waals surface area contributed by atoms with Crippen molar-refractivity contribution in [2.75, 3.05) is 19.6 Å². The van der Waals surface area contributed by atoms with Crippen molar-refractivity contribution in [3.63, 3.8) is 0 Å². The lowest BCUT2D eigenvalue weighted by Crippen LogP contribution is -2.36. The molecule has 12 heavy (non-hydrogen) atoms. The number of rotatable bonds is 1. The van der Waals surface area contributed by atoms with Gasteiger partial charge in [0.1, 0.15) is 5.82 Å². The van der Waals surface area contributed by atoms with Crippen LogP contribution in [0.15, 0.2) is 18.0 Å². The SMILES string of the molecule is [C]1=C(N2CCCCC2)NCC=C1. The van der Waals surface area contributed by atoms with Crippen LogP contribution < -0.4 is 5.32 Å². The van der Waals surface area contributed by atoms with E-state index in [2.05, 4.69) is 22.4 Å². The average molecular weight is 163 g/mol. The number of allylic oxidation sites excluding steroid dienone is 2. The molecule has 0 aromatic heterocycles. The zero-order valence-electron chi connectivity index (χ0n) is 7.34. The first-order chi connectivity index (χ1) is 5.97. The molecule has 1 N–H and O–H groups in total. The van der Waals surface area contributed by atoms with E-state index in [-0.39, 0.29) is 0 Å². The summed E-state index contributed by atoms with van der Waals surface area (Å²) in [6.45, 7) is 3.35. The average Bonchev–Trinajstić information content (AvgIpc) is 2.21. The fraction of sp³-hybridized carbons (Fsp3) is 0.600. The molecule has 1 radical (unpaired) electrons. The second-order valence-corrected chi connectivity index (χ2v) is 3.32. The quantitative estimate of drug-likeness (QED) is 0.626. The first-order valence-electron chi connectivity index (χ1n) is 4.74. The Morgan fingerprint density at radius 1 is 1.25 bits per heavy atom. The molecule has 2 aliphatic heterocycles. The fourth-order valence-corrected chi connectivity index (χ4v) is 1.72. The molecule has 0 aromatic carbocycles. The van der Waals surface area contributed by atoms with Crippen LogP contribution in [0.25, 0.3) is 0 Å². The first-order valence-corrected chi connectivity index (χ1v) is 4.74. The summed E-state index contributed by atoms with van der Waals surface area (Å²) in [6, 6.07) is 0. The Hall–Kier alpha value is -0.920. The van der Waals surface area contributed by atoms with Crippen LogP contribution in [0.2, 0.25) is 0 Å². The Labute approximate surface area is 73.9 Å². The van der Waals surface area contributed by atoms with Crippen molar-refractivity contribution in [3.05, 3.63) is 24.0 Å². The lowest BCUT2D eigenvalue weighted by atomic mass is 10.1. The highest BCUT2D eigenvalue weighted by Gasteiger charge is 2.12. The smallest absolute Gasteiger partial charge is 0.110 e. The van der Waals surface area contributed by atoms with Crippen LogP contribution in [0.4, 0.5) is 0 Å². The fourth-order valence-electron chi connectivity index (χ4n) is 1.72. The third-order valence-electron chi connectivity index (χ3n) is 2.40. The molecule has 0 aliphatic carbocycles. The molecule has 0 bridgehead atoms. The molecule has 0 unspecified atom stereocenters. The van der Waals surface area contributed by atoms with E-state index in [9.17, 15) is 0 Å². The molecule has 2 nitrogen and oxygen atoms in total. The molecule has 0 saturated carbocycles. The summed E-state index contributed by atoms with van der Waals surface area (Å²) in [5.41, 5.74) is 0. The van der Waals surface area contributed by atoms with Crippen LogP contribution in [0.3, 0.4) is 0 Å². The van der Waals surface area contributed by atoms with Gasteiger partial charge in [-0.25, -0.2) is 0 Å². The van der Waals surface area contributed by atoms with Crippen LogP contribution in [0.5, 0.6) is 0 Å². The monoisotopic (exact) mass is 163 g/mol. The van der Waals surface area contributed by atoms with Gasteiger partial charge in [0.15, 0.2) is 0 Å². The topological polar surface area (TPSA) is 15.3 Å². The third-order valence-corrected chi connectivity index (χ3v) is 2.40. The molecule has 0 amide bonds. The number of nitrogens with zero attached hydrogens (tertiary/aromatic N) is 1. The maximum atomic E-state index is 3.33. The van der Waals surface area contributed by atoms with Gasteiger partial charge < -0.3 is 10.2 Å². The maximum Gasteiger partial charge on any atom is 0.110 e. The van der Waals surface area contributed by atoms with Gasteiger partial charge in [-0.2, -0.15) is 0 Å². The van der Waals surface area contributed by atoms with Gasteiger partial charge in [0.25, 0.3) is 0 Å². The summed E-state index contributed by atoms with van der Waals surface area (Å²) in [4.78, 5) is 2.40. The Bertz CT molecular complexity index is 200. The van der Waals surface area contributed by atoms with E-state index in [0.717, 1.165) is 6.54 Å². The number of dihydropyridines is 1. The molecule has 2 aliphatic rings. The number of likely N-dealkylation sites (tertiary alicyclic amines) is 1. The summed E-state index contributed by atoms with van der Waals surface area (Å²) >= 11 is 0. The molecule has 0 spiro atoms. The second-order valence-electron chi connectivity index (χ2n) is 3.32. The van der Waals surface area contributed by atoms with Gasteiger partial charge in [0.2, 0.25) is 0 Å². The molecule has 65 valence electrons. The molecule has 2 rings (SSSR count). The minimum absolute atomic E-state index is 0.957. The highest BCUT2D eigenvalue weighted by molar-refractivity contribution is 5.10. The van der Waals surface area contributed by atoms with Gasteiger partial charge in [-0.15, -0.1) is 0 Å². The van der Waals surface area contributed by atoms with Crippen molar-refractivity contribution < 1.29 is 0 Å². The summed E-state index contributed by atoms with van der Waals surface area (Å²) in [6.07, 6.45) is 11.4. The molecular weight excluding hydrogens is 148 g/mol. The summed E-state index contributed by atoms with van der Waals surface area (Å²) in [7, 11) is 0. The normalized spacial score (nSPS) is 23.3. The van der Waals surface area contributed by atoms with E-state index < -0.39 is 0 Å². The Kier molecular flexibility index (Phi) is 2.35. The number of piperidine rings is 1. The molecule has 0 aromatic rings. The largest absolute Gasteiger partial charge is 0.368 e. The zero-order chi connectivity index (χ0) is 8.23. The van der Waals surface area contributed by atoms with Crippen LogP contribution in [0.1, 0.15) is 19.3 Å². The van der Waals surface area contributed by atoms with Crippen molar-refractivity contribution in [3.8, 4) is 0 Å². The standard InChI is InChI=1S/C10H15N2/c1-4-8-12(9-5-1)10-6-2-3-7-11-10/h2-3,11H,1,4-5,7-9H2. The van der Waals surface area contributed by atoms with E-state index in [1.165, 1.54) is 38.2 Å². The first kappa shape index (κ1) is 7.71. The molecule has 2 heterocycles. The van der Waals surface area contributed by atoms with E-state index in [4.69, 9.17) is 0 Å². The summed E-state index contributed by atoms with van der Waals surface area (Å²) in [5, 5.41) is 3.33. The van der Waals surface area contributed by atoms with E-state index >= 15 is 0 Å². The highest BCUT2D eigenvalue weighted by atomic mass is 15.2. The highest BCUT2D eigenvalue weighted by Crippen LogP contribution is 2.13. The predicted octanol–water partition coefficient (Wildman–Crippen LogP) is 1.28. The number of nitrogens with one attached hydrogen (secondary N) is 1. The van der Waals surface area contributed by atoms with Gasteiger partial charge in [0.05, 0.1) is 0 Å². The van der Waals surface area contributed by atoms with Crippen LogP contribution in [-0.4, -0.2) is 24.5 Å². The van der Waals surface area contributed by atoms with Gasteiger partial charge in [-0.1, -0.05) is 12.2 Å². The Balaban J connectivity index is 1.97. The van der Waals surface area contributed by atoms with Crippen molar-refractivity contribution in [1.29, 1.82) is 0 Å². The van der Waals surface area contributed by atoms with Crippen molar-refractivity contribution in [1.82, 2.24) is 10.2 Å². The van der Waals surface area contributed by atoms with Crippen molar-refractivity contribution in [2.24, 2.45) is 0 Å². The lowest BCUT2D eigenvalue weighted by molar-refractivity contribution is 0.267. The molecular formula is C10H15N2. The van der Waals surface area contributed by atoms with E-state index in [0.29, 0.717) is 0 Å². The number of hydrogen-bond acceptors (Lipinski definition) is 2. The van der Waals surface area contributed by atoms with E-state index in [1.54, 1.807) is 0 Å². The van der Waals surface area contributed by atoms with Gasteiger partial charge in [0, 0.05) is 25.7 Å². The van der Waals surface area contributed by atoms with Gasteiger partial charge in [-0.05, 0) is 19.3 Å². The molecule has 1 saturated heterocycles.